The number of carbonyl (C=O) groups excluding carboxylic acids is 4. The molecule has 0 fully saturated rings. The maximum absolute atomic E-state index is 12.9. The zero-order valence-electron chi connectivity index (χ0n) is 27.6. The van der Waals surface area contributed by atoms with Crippen molar-refractivity contribution in [3.05, 3.63) is 127 Å². The smallest absolute Gasteiger partial charge is 0.408 e. The SMILES string of the molecule is C=CC[C@@H](CC(=O)N[C@H](CO)Cc1ccc(OCc2ccccc2)cc1)C(=O)NCCOC(=O)[C@@H](CC=C)NC(=O)OCc1ccccc1. The number of rotatable bonds is 21. The molecule has 11 heteroatoms. The van der Waals surface area contributed by atoms with Crippen molar-refractivity contribution in [2.45, 2.75) is 51.0 Å². The summed E-state index contributed by atoms with van der Waals surface area (Å²) in [5.41, 5.74) is 2.75. The lowest BCUT2D eigenvalue weighted by molar-refractivity contribution is -0.146. The first-order valence-electron chi connectivity index (χ1n) is 16.1. The van der Waals surface area contributed by atoms with Gasteiger partial charge in [-0.2, -0.15) is 0 Å². The molecule has 3 amide bonds. The summed E-state index contributed by atoms with van der Waals surface area (Å²) >= 11 is 0. The summed E-state index contributed by atoms with van der Waals surface area (Å²) in [6, 6.07) is 24.8. The van der Waals surface area contributed by atoms with Gasteiger partial charge < -0.3 is 35.3 Å². The highest BCUT2D eigenvalue weighted by atomic mass is 16.6. The highest BCUT2D eigenvalue weighted by molar-refractivity contribution is 5.86. The third-order valence-corrected chi connectivity index (χ3v) is 7.33. The molecule has 0 saturated carbocycles. The Hall–Kier alpha value is -5.42. The van der Waals surface area contributed by atoms with Crippen LogP contribution in [0, 0.1) is 5.92 Å². The van der Waals surface area contributed by atoms with E-state index in [1.165, 1.54) is 6.08 Å². The van der Waals surface area contributed by atoms with Gasteiger partial charge in [-0.25, -0.2) is 9.59 Å². The summed E-state index contributed by atoms with van der Waals surface area (Å²) in [6.07, 6.45) is 2.85. The van der Waals surface area contributed by atoms with Gasteiger partial charge in [0.25, 0.3) is 0 Å². The molecule has 0 spiro atoms. The van der Waals surface area contributed by atoms with Gasteiger partial charge in [0.15, 0.2) is 0 Å². The highest BCUT2D eigenvalue weighted by Crippen LogP contribution is 2.16. The van der Waals surface area contributed by atoms with E-state index in [2.05, 4.69) is 29.1 Å². The van der Waals surface area contributed by atoms with Crippen molar-refractivity contribution >= 4 is 23.9 Å². The minimum atomic E-state index is -1.01. The fourth-order valence-corrected chi connectivity index (χ4v) is 4.76. The first kappa shape index (κ1) is 38.0. The Kier molecular flexibility index (Phi) is 16.7. The maximum atomic E-state index is 12.9. The van der Waals surface area contributed by atoms with Gasteiger partial charge in [0, 0.05) is 6.42 Å². The van der Waals surface area contributed by atoms with Gasteiger partial charge in [0.2, 0.25) is 11.8 Å². The van der Waals surface area contributed by atoms with Gasteiger partial charge in [0.1, 0.15) is 31.6 Å². The van der Waals surface area contributed by atoms with Crippen molar-refractivity contribution in [2.75, 3.05) is 19.8 Å². The van der Waals surface area contributed by atoms with E-state index in [0.717, 1.165) is 16.7 Å². The lowest BCUT2D eigenvalue weighted by Gasteiger charge is -2.20. The van der Waals surface area contributed by atoms with Crippen LogP contribution in [0.2, 0.25) is 0 Å². The first-order chi connectivity index (χ1) is 23.8. The molecule has 0 bridgehead atoms. The number of allylic oxidation sites excluding steroid dienone is 1. The Morgan fingerprint density at radius 3 is 2.00 bits per heavy atom. The summed E-state index contributed by atoms with van der Waals surface area (Å²) in [5, 5.41) is 17.9. The van der Waals surface area contributed by atoms with Crippen molar-refractivity contribution in [1.82, 2.24) is 16.0 Å². The molecular formula is C38H45N3O8. The zero-order valence-corrected chi connectivity index (χ0v) is 27.6. The van der Waals surface area contributed by atoms with E-state index < -0.39 is 41.9 Å². The number of alkyl carbamates (subject to hydrolysis) is 1. The van der Waals surface area contributed by atoms with E-state index in [1.54, 1.807) is 18.2 Å². The second-order valence-corrected chi connectivity index (χ2v) is 11.2. The molecule has 11 nitrogen and oxygen atoms in total. The molecule has 0 aromatic heterocycles. The molecule has 3 aromatic rings. The number of aliphatic hydroxyl groups excluding tert-OH is 1. The van der Waals surface area contributed by atoms with E-state index in [9.17, 15) is 24.3 Å². The Morgan fingerprint density at radius 1 is 0.755 bits per heavy atom. The van der Waals surface area contributed by atoms with Gasteiger partial charge in [-0.05, 0) is 48.1 Å². The van der Waals surface area contributed by atoms with Crippen LogP contribution in [0.4, 0.5) is 4.79 Å². The van der Waals surface area contributed by atoms with Gasteiger partial charge in [-0.3, -0.25) is 9.59 Å². The third kappa shape index (κ3) is 14.5. The number of hydrogen-bond donors (Lipinski definition) is 4. The second kappa shape index (κ2) is 21.5. The van der Waals surface area contributed by atoms with Crippen LogP contribution >= 0.6 is 0 Å². The van der Waals surface area contributed by atoms with Crippen molar-refractivity contribution in [2.24, 2.45) is 5.92 Å². The van der Waals surface area contributed by atoms with E-state index in [4.69, 9.17) is 14.2 Å². The van der Waals surface area contributed by atoms with Crippen molar-refractivity contribution < 1.29 is 38.5 Å². The quantitative estimate of drug-likeness (QED) is 0.0739. The zero-order chi connectivity index (χ0) is 35.3. The monoisotopic (exact) mass is 671 g/mol. The highest BCUT2D eigenvalue weighted by Gasteiger charge is 2.24. The van der Waals surface area contributed by atoms with Crippen LogP contribution in [0.15, 0.2) is 110 Å². The van der Waals surface area contributed by atoms with E-state index in [1.807, 2.05) is 72.8 Å². The number of ether oxygens (including phenoxy) is 3. The molecule has 3 aromatic carbocycles. The number of aliphatic hydroxyl groups is 1. The summed E-state index contributed by atoms with van der Waals surface area (Å²) in [7, 11) is 0. The maximum Gasteiger partial charge on any atom is 0.408 e. The molecule has 3 atom stereocenters. The standard InChI is InChI=1S/C38H45N3O8/c1-3-11-31(24-35(43)40-32(25-42)23-28-17-19-33(20-18-28)48-26-29-13-7-5-8-14-29)36(44)39-21-22-47-37(45)34(12-4-2)41-38(46)49-27-30-15-9-6-10-16-30/h3-10,13-20,31-32,34,42H,1-2,11-12,21-27H2,(H,39,44)(H,40,43)(H,41,46)/t31-,32-,34+/m0/s1. The fraction of sp³-hybridized carbons (Fsp3) is 0.316. The Labute approximate surface area is 287 Å². The predicted octanol–water partition coefficient (Wildman–Crippen LogP) is 4.40. The van der Waals surface area contributed by atoms with Gasteiger partial charge in [0.05, 0.1) is 25.1 Å². The molecule has 0 aliphatic carbocycles. The van der Waals surface area contributed by atoms with Crippen molar-refractivity contribution in [3.63, 3.8) is 0 Å². The van der Waals surface area contributed by atoms with Crippen LogP contribution in [0.3, 0.4) is 0 Å². The van der Waals surface area contributed by atoms with Crippen LogP contribution in [-0.4, -0.2) is 60.8 Å². The molecule has 0 heterocycles. The van der Waals surface area contributed by atoms with Crippen LogP contribution in [0.5, 0.6) is 5.75 Å². The second-order valence-electron chi connectivity index (χ2n) is 11.2. The number of hydrogen-bond acceptors (Lipinski definition) is 8. The largest absolute Gasteiger partial charge is 0.489 e. The number of carbonyl (C=O) groups is 4. The molecule has 0 radical (unpaired) electrons. The number of esters is 1. The molecule has 3 rings (SSSR count). The average molecular weight is 672 g/mol. The minimum absolute atomic E-state index is 0.0105. The molecular weight excluding hydrogens is 626 g/mol. The third-order valence-electron chi connectivity index (χ3n) is 7.33. The number of nitrogens with one attached hydrogen (secondary N) is 3. The summed E-state index contributed by atoms with van der Waals surface area (Å²) in [6.45, 7) is 7.33. The lowest BCUT2D eigenvalue weighted by atomic mass is 9.99. The topological polar surface area (TPSA) is 152 Å². The van der Waals surface area contributed by atoms with E-state index in [0.29, 0.717) is 18.8 Å². The average Bonchev–Trinajstić information content (AvgIpc) is 3.12. The molecule has 4 N–H and O–H groups in total. The fourth-order valence-electron chi connectivity index (χ4n) is 4.76. The molecule has 0 saturated heterocycles. The predicted molar refractivity (Wildman–Crippen MR) is 185 cm³/mol. The molecule has 0 aliphatic heterocycles. The Morgan fingerprint density at radius 2 is 1.39 bits per heavy atom. The normalized spacial score (nSPS) is 12.3. The summed E-state index contributed by atoms with van der Waals surface area (Å²) in [5.74, 6) is -1.53. The van der Waals surface area contributed by atoms with Crippen LogP contribution in [-0.2, 0) is 43.5 Å². The number of amides is 3. The Balaban J connectivity index is 1.39. The summed E-state index contributed by atoms with van der Waals surface area (Å²) in [4.78, 5) is 50.5. The van der Waals surface area contributed by atoms with Crippen molar-refractivity contribution in [1.29, 1.82) is 0 Å². The van der Waals surface area contributed by atoms with Crippen LogP contribution in [0.25, 0.3) is 0 Å². The number of benzene rings is 3. The van der Waals surface area contributed by atoms with Crippen LogP contribution < -0.4 is 20.7 Å². The Bertz CT molecular complexity index is 1480. The first-order valence-corrected chi connectivity index (χ1v) is 16.1. The van der Waals surface area contributed by atoms with E-state index >= 15 is 0 Å². The van der Waals surface area contributed by atoms with Crippen molar-refractivity contribution in [3.8, 4) is 5.75 Å². The molecule has 49 heavy (non-hydrogen) atoms. The minimum Gasteiger partial charge on any atom is -0.489 e. The molecule has 0 unspecified atom stereocenters. The molecule has 0 aliphatic rings. The van der Waals surface area contributed by atoms with Gasteiger partial charge >= 0.3 is 12.1 Å². The van der Waals surface area contributed by atoms with Gasteiger partial charge in [-0.15, -0.1) is 13.2 Å². The van der Waals surface area contributed by atoms with Gasteiger partial charge in [-0.1, -0.05) is 84.9 Å². The summed E-state index contributed by atoms with van der Waals surface area (Å²) < 4.78 is 16.2. The lowest BCUT2D eigenvalue weighted by Crippen LogP contribution is -2.43. The molecule has 260 valence electrons. The van der Waals surface area contributed by atoms with Crippen LogP contribution in [0.1, 0.15) is 36.0 Å². The van der Waals surface area contributed by atoms with E-state index in [-0.39, 0.29) is 45.6 Å².